The zero-order valence-corrected chi connectivity index (χ0v) is 14.6. The average Bonchev–Trinajstić information content (AvgIpc) is 2.29. The zero-order chi connectivity index (χ0) is 14.2. The predicted octanol–water partition coefficient (Wildman–Crippen LogP) is 4.41. The van der Waals surface area contributed by atoms with Crippen molar-refractivity contribution in [3.63, 3.8) is 0 Å². The summed E-state index contributed by atoms with van der Waals surface area (Å²) in [5.41, 5.74) is 0. The Morgan fingerprint density at radius 3 is 2.56 bits per heavy atom. The monoisotopic (exact) mass is 376 g/mol. The molecule has 0 aliphatic carbocycles. The van der Waals surface area contributed by atoms with Crippen LogP contribution in [0.25, 0.3) is 0 Å². The summed E-state index contributed by atoms with van der Waals surface area (Å²) < 4.78 is 44.9. The van der Waals surface area contributed by atoms with E-state index in [2.05, 4.69) is 24.4 Å². The topological polar surface area (TPSA) is 18.5 Å². The van der Waals surface area contributed by atoms with Crippen LogP contribution in [-0.4, -0.2) is 12.5 Å². The number of hydrogen-bond acceptors (Lipinski definition) is 2. The van der Waals surface area contributed by atoms with E-state index in [0.29, 0.717) is 0 Å². The van der Waals surface area contributed by atoms with Crippen LogP contribution in [0.4, 0.5) is 13.2 Å². The molecular weight excluding hydrogens is 366 g/mol. The van der Waals surface area contributed by atoms with Gasteiger partial charge < -0.3 is 9.47 Å². The summed E-state index contributed by atoms with van der Waals surface area (Å²) in [7, 11) is 0. The molecule has 0 heterocycles. The van der Waals surface area contributed by atoms with Gasteiger partial charge in [0.05, 0.1) is 6.10 Å². The van der Waals surface area contributed by atoms with Gasteiger partial charge in [-0.25, -0.2) is 0 Å². The number of benzene rings is 1. The van der Waals surface area contributed by atoms with Crippen molar-refractivity contribution in [2.75, 3.05) is 0 Å². The molecule has 0 aliphatic rings. The van der Waals surface area contributed by atoms with E-state index >= 15 is 0 Å². The van der Waals surface area contributed by atoms with Crippen molar-refractivity contribution in [2.24, 2.45) is 0 Å². The molecule has 0 aliphatic heterocycles. The van der Waals surface area contributed by atoms with Gasteiger partial charge in [-0.15, -0.1) is 25.3 Å². The van der Waals surface area contributed by atoms with Crippen LogP contribution < -0.4 is 9.47 Å². The minimum atomic E-state index is -4.69. The fraction of sp³-hybridized carbons (Fsp3) is 0.455. The van der Waals surface area contributed by atoms with Crippen LogP contribution in [0.3, 0.4) is 0 Å². The van der Waals surface area contributed by atoms with Gasteiger partial charge in [0.1, 0.15) is 0 Å². The Labute approximate surface area is 121 Å². The molecule has 0 fully saturated rings. The van der Waals surface area contributed by atoms with Gasteiger partial charge in [0.2, 0.25) is 0 Å². The Hall–Kier alpha value is -0.287. The average molecular weight is 379 g/mol. The molecule has 7 heteroatoms. The molecule has 0 N–H and O–H groups in total. The fourth-order valence-electron chi connectivity index (χ4n) is 0.990. The Bertz CT molecular complexity index is 347. The van der Waals surface area contributed by atoms with Crippen molar-refractivity contribution in [3.05, 3.63) is 24.3 Å². The molecule has 1 aromatic carbocycles. The van der Waals surface area contributed by atoms with E-state index in [9.17, 15) is 13.2 Å². The summed E-state index contributed by atoms with van der Waals surface area (Å²) in [5.74, 6) is -0.0550. The second-order valence-corrected chi connectivity index (χ2v) is 3.27. The molecule has 0 bridgehead atoms. The molecular formula is C11H12BrF3O2Zn. The molecule has 0 saturated carbocycles. The molecule has 2 nitrogen and oxygen atoms in total. The summed E-state index contributed by atoms with van der Waals surface area (Å²) in [5, 5.41) is 0. The van der Waals surface area contributed by atoms with Crippen LogP contribution in [0.15, 0.2) is 18.2 Å². The molecule has 0 radical (unpaired) electrons. The molecule has 0 amide bonds. The van der Waals surface area contributed by atoms with Crippen molar-refractivity contribution in [2.45, 2.75) is 32.7 Å². The molecule has 1 aromatic rings. The van der Waals surface area contributed by atoms with Gasteiger partial charge in [-0.3, -0.25) is 0 Å². The number of hydrogen-bond donors (Lipinski definition) is 0. The maximum absolute atomic E-state index is 11.9. The number of ether oxygens (including phenoxy) is 2. The quantitative estimate of drug-likeness (QED) is 0.571. The van der Waals surface area contributed by atoms with Crippen molar-refractivity contribution < 1.29 is 39.0 Å². The van der Waals surface area contributed by atoms with Crippen molar-refractivity contribution in [1.29, 1.82) is 0 Å². The van der Waals surface area contributed by atoms with Crippen LogP contribution in [0, 0.1) is 6.07 Å². The third kappa shape index (κ3) is 7.93. The molecule has 18 heavy (non-hydrogen) atoms. The number of alkyl halides is 3. The van der Waals surface area contributed by atoms with E-state index < -0.39 is 6.36 Å². The van der Waals surface area contributed by atoms with Crippen LogP contribution in [0.5, 0.6) is 11.5 Å². The molecule has 1 rings (SSSR count). The van der Waals surface area contributed by atoms with Crippen LogP contribution in [0.2, 0.25) is 0 Å². The Kier molecular flexibility index (Phi) is 8.61. The SMILES string of the molecule is CCC(C)Oc1[c-]ccc(OC(F)(F)F)c1.[Zn+][Br]. The summed E-state index contributed by atoms with van der Waals surface area (Å²) in [4.78, 5) is 0. The minimum absolute atomic E-state index is 0.0719. The summed E-state index contributed by atoms with van der Waals surface area (Å²) in [6.07, 6.45) is -4.00. The van der Waals surface area contributed by atoms with Crippen LogP contribution in [-0.2, 0) is 16.3 Å². The summed E-state index contributed by atoms with van der Waals surface area (Å²) >= 11 is 4.25. The number of rotatable bonds is 4. The van der Waals surface area contributed by atoms with Gasteiger partial charge in [0, 0.05) is 11.5 Å². The standard InChI is InChI=1S/C11H12F3O2.BrH.Zn/c1-3-8(2)15-9-5-4-6-10(7-9)16-11(12,13)14;;/h4,6-8H,3H2,1-2H3;1H;/q-1;;+2/p-1. The summed E-state index contributed by atoms with van der Waals surface area (Å²) in [6.45, 7) is 3.74. The predicted molar refractivity (Wildman–Crippen MR) is 61.3 cm³/mol. The molecule has 98 valence electrons. The fourth-order valence-corrected chi connectivity index (χ4v) is 0.990. The van der Waals surface area contributed by atoms with Crippen molar-refractivity contribution >= 4 is 13.6 Å². The number of halogens is 4. The van der Waals surface area contributed by atoms with Gasteiger partial charge >= 0.3 is 36.3 Å². The second kappa shape index (κ2) is 8.75. The molecule has 0 spiro atoms. The normalized spacial score (nSPS) is 12.2. The van der Waals surface area contributed by atoms with E-state index in [-0.39, 0.29) is 17.6 Å². The first-order chi connectivity index (χ1) is 8.40. The second-order valence-electron chi connectivity index (χ2n) is 3.27. The molecule has 0 aromatic heterocycles. The first kappa shape index (κ1) is 17.7. The Morgan fingerprint density at radius 2 is 2.06 bits per heavy atom. The van der Waals surface area contributed by atoms with E-state index in [1.165, 1.54) is 34.5 Å². The Morgan fingerprint density at radius 1 is 1.44 bits per heavy atom. The van der Waals surface area contributed by atoms with Gasteiger partial charge in [-0.2, -0.15) is 6.07 Å². The van der Waals surface area contributed by atoms with E-state index in [0.717, 1.165) is 6.42 Å². The van der Waals surface area contributed by atoms with E-state index in [1.54, 1.807) is 0 Å². The molecule has 1 atom stereocenters. The van der Waals surface area contributed by atoms with E-state index in [4.69, 9.17) is 4.74 Å². The maximum atomic E-state index is 11.9. The Balaban J connectivity index is 0.00000137. The van der Waals surface area contributed by atoms with E-state index in [1.807, 2.05) is 13.8 Å². The van der Waals surface area contributed by atoms with Crippen LogP contribution >= 0.6 is 13.6 Å². The van der Waals surface area contributed by atoms with Gasteiger partial charge in [0.15, 0.2) is 0 Å². The third-order valence-corrected chi connectivity index (χ3v) is 1.88. The molecule has 0 saturated heterocycles. The first-order valence-corrected chi connectivity index (χ1v) is 12.1. The first-order valence-electron chi connectivity index (χ1n) is 5.11. The van der Waals surface area contributed by atoms with Gasteiger partial charge in [0.25, 0.3) is 0 Å². The summed E-state index contributed by atoms with van der Waals surface area (Å²) in [6, 6.07) is 6.37. The van der Waals surface area contributed by atoms with Crippen molar-refractivity contribution in [3.8, 4) is 11.5 Å². The van der Waals surface area contributed by atoms with Crippen molar-refractivity contribution in [1.82, 2.24) is 0 Å². The zero-order valence-electron chi connectivity index (χ0n) is 10.1. The third-order valence-electron chi connectivity index (χ3n) is 1.88. The molecule has 1 unspecified atom stereocenters. The van der Waals surface area contributed by atoms with Gasteiger partial charge in [-0.1, -0.05) is 13.0 Å². The van der Waals surface area contributed by atoms with Crippen LogP contribution in [0.1, 0.15) is 20.3 Å². The van der Waals surface area contributed by atoms with Gasteiger partial charge in [-0.05, 0) is 13.3 Å².